The van der Waals surface area contributed by atoms with Gasteiger partial charge in [-0.2, -0.15) is 4.31 Å². The van der Waals surface area contributed by atoms with Crippen LogP contribution < -0.4 is 4.90 Å². The third-order valence-electron chi connectivity index (χ3n) is 8.64. The van der Waals surface area contributed by atoms with Gasteiger partial charge in [-0.1, -0.05) is 23.5 Å². The molecule has 6 rings (SSSR count). The number of aliphatic hydroxyl groups is 1. The standard InChI is InChI=1S/C27H36FN7O2S2.CH4O/c1-20(22-5-7-23(28)8-6-22)35-19-29-16-25(35)21(2)31-12-14-34(15-13-31)39(36,37)26-17-30-27(38-26)33-11-10-32-9-3-4-24(32)18-33;1-2/h5-8,16-17,19-21,24H,3-4,9-15,18H2,1-2H3;2H,1H3/t20-,21?,24?;/m1./s1. The quantitative estimate of drug-likeness (QED) is 0.439. The fraction of sp³-hybridized carbons (Fsp3) is 0.571. The molecule has 3 atom stereocenters. The minimum Gasteiger partial charge on any atom is -0.400 e. The summed E-state index contributed by atoms with van der Waals surface area (Å²) < 4.78 is 44.5. The molecule has 3 aliphatic rings. The molecule has 2 unspecified atom stereocenters. The monoisotopic (exact) mass is 605 g/mol. The van der Waals surface area contributed by atoms with E-state index in [1.165, 1.54) is 42.9 Å². The predicted octanol–water partition coefficient (Wildman–Crippen LogP) is 3.05. The molecule has 224 valence electrons. The zero-order chi connectivity index (χ0) is 29.1. The Hall–Kier alpha value is -2.42. The van der Waals surface area contributed by atoms with Crippen molar-refractivity contribution in [1.29, 1.82) is 0 Å². The summed E-state index contributed by atoms with van der Waals surface area (Å²) in [6, 6.07) is 7.19. The summed E-state index contributed by atoms with van der Waals surface area (Å²) in [4.78, 5) is 16.0. The van der Waals surface area contributed by atoms with Gasteiger partial charge < -0.3 is 14.6 Å². The lowest BCUT2D eigenvalue weighted by atomic mass is 10.1. The van der Waals surface area contributed by atoms with E-state index in [1.54, 1.807) is 22.6 Å². The molecule has 13 heteroatoms. The van der Waals surface area contributed by atoms with Crippen LogP contribution in [0, 0.1) is 5.82 Å². The highest BCUT2D eigenvalue weighted by molar-refractivity contribution is 7.91. The van der Waals surface area contributed by atoms with Crippen molar-refractivity contribution in [3.8, 4) is 0 Å². The molecule has 0 amide bonds. The Morgan fingerprint density at radius 1 is 0.976 bits per heavy atom. The summed E-state index contributed by atoms with van der Waals surface area (Å²) >= 11 is 1.30. The van der Waals surface area contributed by atoms with Gasteiger partial charge in [0.1, 0.15) is 5.82 Å². The molecule has 1 aromatic carbocycles. The second-order valence-corrected chi connectivity index (χ2v) is 14.0. The van der Waals surface area contributed by atoms with Gasteiger partial charge in [-0.3, -0.25) is 9.80 Å². The molecule has 0 bridgehead atoms. The van der Waals surface area contributed by atoms with Crippen LogP contribution in [-0.4, -0.2) is 108 Å². The second kappa shape index (κ2) is 12.8. The van der Waals surface area contributed by atoms with E-state index >= 15 is 0 Å². The van der Waals surface area contributed by atoms with Crippen LogP contribution in [-0.2, 0) is 10.0 Å². The van der Waals surface area contributed by atoms with Gasteiger partial charge in [-0.25, -0.2) is 22.8 Å². The van der Waals surface area contributed by atoms with Crippen molar-refractivity contribution in [1.82, 2.24) is 28.6 Å². The lowest BCUT2D eigenvalue weighted by Gasteiger charge is -2.38. The largest absolute Gasteiger partial charge is 0.400 e. The van der Waals surface area contributed by atoms with Gasteiger partial charge in [0.05, 0.1) is 24.3 Å². The van der Waals surface area contributed by atoms with Gasteiger partial charge in [-0.05, 0) is 50.9 Å². The van der Waals surface area contributed by atoms with Crippen LogP contribution in [0.5, 0.6) is 0 Å². The van der Waals surface area contributed by atoms with Crippen molar-refractivity contribution in [2.45, 2.75) is 49.0 Å². The number of benzene rings is 1. The van der Waals surface area contributed by atoms with Crippen molar-refractivity contribution in [2.24, 2.45) is 0 Å². The van der Waals surface area contributed by atoms with Gasteiger partial charge in [0.25, 0.3) is 10.0 Å². The first-order valence-corrected chi connectivity index (χ1v) is 16.5. The number of nitrogens with zero attached hydrogens (tertiary/aromatic N) is 7. The Morgan fingerprint density at radius 2 is 1.71 bits per heavy atom. The van der Waals surface area contributed by atoms with Crippen LogP contribution in [0.3, 0.4) is 0 Å². The molecule has 41 heavy (non-hydrogen) atoms. The summed E-state index contributed by atoms with van der Waals surface area (Å²) in [5.74, 6) is -0.251. The summed E-state index contributed by atoms with van der Waals surface area (Å²) in [5.41, 5.74) is 2.06. The number of piperazine rings is 2. The number of anilines is 1. The van der Waals surface area contributed by atoms with Crippen LogP contribution >= 0.6 is 11.3 Å². The van der Waals surface area contributed by atoms with Crippen LogP contribution in [0.1, 0.15) is 50.0 Å². The molecule has 3 aliphatic heterocycles. The molecule has 0 saturated carbocycles. The van der Waals surface area contributed by atoms with Gasteiger partial charge in [0.15, 0.2) is 9.34 Å². The number of aliphatic hydroxyl groups excluding tert-OH is 1. The molecule has 0 aliphatic carbocycles. The normalized spacial score (nSPS) is 22.2. The highest BCUT2D eigenvalue weighted by atomic mass is 32.2. The number of imidazole rings is 1. The maximum absolute atomic E-state index is 13.5. The number of thiazole rings is 1. The van der Waals surface area contributed by atoms with Crippen LogP contribution in [0.25, 0.3) is 0 Å². The molecule has 10 nitrogen and oxygen atoms in total. The van der Waals surface area contributed by atoms with E-state index in [1.807, 2.05) is 12.5 Å². The zero-order valence-corrected chi connectivity index (χ0v) is 25.6. The zero-order valence-electron chi connectivity index (χ0n) is 23.9. The van der Waals surface area contributed by atoms with E-state index < -0.39 is 10.0 Å². The fourth-order valence-electron chi connectivity index (χ4n) is 6.19. The maximum atomic E-state index is 13.5. The molecule has 2 aromatic heterocycles. The molecule has 1 N–H and O–H groups in total. The average Bonchev–Trinajstić information content (AvgIpc) is 3.78. The molecule has 3 saturated heterocycles. The first-order valence-electron chi connectivity index (χ1n) is 14.2. The van der Waals surface area contributed by atoms with Crippen LogP contribution in [0.2, 0.25) is 0 Å². The first kappa shape index (κ1) is 30.1. The molecule has 5 heterocycles. The Bertz CT molecular complexity index is 1390. The van der Waals surface area contributed by atoms with Crippen molar-refractivity contribution >= 4 is 26.5 Å². The highest BCUT2D eigenvalue weighted by Gasteiger charge is 2.35. The van der Waals surface area contributed by atoms with Crippen molar-refractivity contribution in [3.63, 3.8) is 0 Å². The number of hydrogen-bond acceptors (Lipinski definition) is 9. The second-order valence-electron chi connectivity index (χ2n) is 10.8. The Kier molecular flexibility index (Phi) is 9.41. The van der Waals surface area contributed by atoms with E-state index in [-0.39, 0.29) is 17.9 Å². The van der Waals surface area contributed by atoms with Crippen molar-refractivity contribution in [3.05, 3.63) is 60.1 Å². The lowest BCUT2D eigenvalue weighted by molar-refractivity contribution is 0.141. The molecular weight excluding hydrogens is 565 g/mol. The fourth-order valence-corrected chi connectivity index (χ4v) is 8.92. The number of fused-ring (bicyclic) bond motifs is 1. The number of sulfonamides is 1. The highest BCUT2D eigenvalue weighted by Crippen LogP contribution is 2.33. The minimum absolute atomic E-state index is 0.00406. The Balaban J connectivity index is 0.00000165. The average molecular weight is 606 g/mol. The van der Waals surface area contributed by atoms with E-state index in [0.29, 0.717) is 36.4 Å². The number of hydrogen-bond donors (Lipinski definition) is 1. The van der Waals surface area contributed by atoms with Gasteiger partial charge in [0.2, 0.25) is 0 Å². The van der Waals surface area contributed by atoms with Crippen LogP contribution in [0.4, 0.5) is 9.52 Å². The summed E-state index contributed by atoms with van der Waals surface area (Å²) in [6.45, 7) is 10.4. The molecule has 0 radical (unpaired) electrons. The lowest BCUT2D eigenvalue weighted by Crippen LogP contribution is -2.50. The molecule has 3 fully saturated rings. The first-order chi connectivity index (χ1) is 19.8. The van der Waals surface area contributed by atoms with Gasteiger partial charge >= 0.3 is 0 Å². The minimum atomic E-state index is -3.58. The topological polar surface area (TPSA) is 98.0 Å². The molecule has 0 spiro atoms. The van der Waals surface area contributed by atoms with E-state index in [4.69, 9.17) is 5.11 Å². The van der Waals surface area contributed by atoms with E-state index in [2.05, 4.69) is 43.1 Å². The predicted molar refractivity (Wildman–Crippen MR) is 158 cm³/mol. The summed E-state index contributed by atoms with van der Waals surface area (Å²) in [7, 11) is -2.58. The third-order valence-corrected chi connectivity index (χ3v) is 12.0. The number of aromatic nitrogens is 3. The summed E-state index contributed by atoms with van der Waals surface area (Å²) in [5, 5.41) is 7.82. The third kappa shape index (κ3) is 6.20. The maximum Gasteiger partial charge on any atom is 0.254 e. The Labute approximate surface area is 246 Å². The van der Waals surface area contributed by atoms with E-state index in [9.17, 15) is 12.8 Å². The number of rotatable bonds is 7. The molecule has 3 aromatic rings. The van der Waals surface area contributed by atoms with Crippen LogP contribution in [0.15, 0.2) is 47.2 Å². The van der Waals surface area contributed by atoms with Gasteiger partial charge in [-0.15, -0.1) is 0 Å². The smallest absolute Gasteiger partial charge is 0.254 e. The molecular formula is C28H40FN7O3S2. The summed E-state index contributed by atoms with van der Waals surface area (Å²) in [6.07, 6.45) is 7.69. The van der Waals surface area contributed by atoms with Crippen molar-refractivity contribution in [2.75, 3.05) is 64.4 Å². The van der Waals surface area contributed by atoms with Gasteiger partial charge in [0, 0.05) is 71.2 Å². The number of halogens is 1. The van der Waals surface area contributed by atoms with Crippen molar-refractivity contribution < 1.29 is 17.9 Å². The SMILES string of the molecule is CC(c1cncn1[C@H](C)c1ccc(F)cc1)N1CCN(S(=O)(=O)c2cnc(N3CCN4CCCC4C3)s2)CC1.CO. The van der Waals surface area contributed by atoms with E-state index in [0.717, 1.165) is 43.1 Å². The Morgan fingerprint density at radius 3 is 2.44 bits per heavy atom.